The molecule has 124 valence electrons. The number of amides is 1. The average Bonchev–Trinajstić information content (AvgIpc) is 2.64. The van der Waals surface area contributed by atoms with Crippen molar-refractivity contribution < 1.29 is 4.79 Å². The van der Waals surface area contributed by atoms with E-state index in [2.05, 4.69) is 29.0 Å². The average molecular weight is 322 g/mol. The molecule has 1 N–H and O–H groups in total. The predicted octanol–water partition coefficient (Wildman–Crippen LogP) is 3.42. The third-order valence-electron chi connectivity index (χ3n) is 4.44. The molecule has 3 heterocycles. The summed E-state index contributed by atoms with van der Waals surface area (Å²) in [5, 5.41) is 3.34. The van der Waals surface area contributed by atoms with Crippen LogP contribution in [0.2, 0.25) is 0 Å². The molecule has 3 rings (SSSR count). The van der Waals surface area contributed by atoms with Crippen LogP contribution in [0.25, 0.3) is 0 Å². The van der Waals surface area contributed by atoms with Gasteiger partial charge in [-0.3, -0.25) is 9.78 Å². The summed E-state index contributed by atoms with van der Waals surface area (Å²) in [5.41, 5.74) is 3.11. The molecule has 0 radical (unpaired) electrons. The van der Waals surface area contributed by atoms with Gasteiger partial charge in [-0.25, -0.2) is 4.98 Å². The highest BCUT2D eigenvalue weighted by molar-refractivity contribution is 5.87. The molecule has 5 heteroatoms. The van der Waals surface area contributed by atoms with Crippen LogP contribution in [0.15, 0.2) is 49.3 Å². The summed E-state index contributed by atoms with van der Waals surface area (Å²) in [6.45, 7) is 7.12. The van der Waals surface area contributed by atoms with Crippen molar-refractivity contribution in [1.29, 1.82) is 0 Å². The summed E-state index contributed by atoms with van der Waals surface area (Å²) >= 11 is 0. The lowest BCUT2D eigenvalue weighted by Gasteiger charge is -2.31. The number of carbonyl (C=O) groups excluding carboxylic acids is 1. The lowest BCUT2D eigenvalue weighted by molar-refractivity contribution is -0.127. The van der Waals surface area contributed by atoms with Gasteiger partial charge in [-0.1, -0.05) is 12.6 Å². The van der Waals surface area contributed by atoms with E-state index in [0.29, 0.717) is 5.92 Å². The van der Waals surface area contributed by atoms with Crippen molar-refractivity contribution in [2.45, 2.75) is 25.7 Å². The van der Waals surface area contributed by atoms with E-state index in [1.54, 1.807) is 12.4 Å². The number of likely N-dealkylation sites (tertiary alicyclic amines) is 1. The summed E-state index contributed by atoms with van der Waals surface area (Å²) in [4.78, 5) is 22.5. The van der Waals surface area contributed by atoms with Gasteiger partial charge in [0.1, 0.15) is 5.82 Å². The number of aryl methyl sites for hydroxylation is 1. The normalized spacial score (nSPS) is 15.1. The molecule has 5 nitrogen and oxygen atoms in total. The summed E-state index contributed by atoms with van der Waals surface area (Å²) in [6, 6.07) is 8.07. The molecule has 0 atom stereocenters. The molecule has 2 aromatic heterocycles. The summed E-state index contributed by atoms with van der Waals surface area (Å²) < 4.78 is 0. The molecule has 24 heavy (non-hydrogen) atoms. The zero-order valence-corrected chi connectivity index (χ0v) is 13.9. The van der Waals surface area contributed by atoms with Crippen molar-refractivity contribution in [1.82, 2.24) is 14.9 Å². The molecule has 1 aliphatic heterocycles. The largest absolute Gasteiger partial charge is 0.339 e. The van der Waals surface area contributed by atoms with E-state index in [-0.39, 0.29) is 5.91 Å². The van der Waals surface area contributed by atoms with Crippen LogP contribution in [0, 0.1) is 6.92 Å². The molecule has 1 saturated heterocycles. The third-order valence-corrected chi connectivity index (χ3v) is 4.44. The van der Waals surface area contributed by atoms with Crippen molar-refractivity contribution in [2.24, 2.45) is 0 Å². The number of nitrogens with one attached hydrogen (secondary N) is 1. The Balaban J connectivity index is 1.72. The van der Waals surface area contributed by atoms with Crippen molar-refractivity contribution in [3.8, 4) is 0 Å². The zero-order valence-electron chi connectivity index (χ0n) is 13.9. The van der Waals surface area contributed by atoms with Crippen LogP contribution in [-0.2, 0) is 4.79 Å². The monoisotopic (exact) mass is 322 g/mol. The molecule has 0 bridgehead atoms. The quantitative estimate of drug-likeness (QED) is 0.876. The molecule has 2 aromatic rings. The number of pyridine rings is 2. The Morgan fingerprint density at radius 3 is 2.79 bits per heavy atom. The van der Waals surface area contributed by atoms with E-state index < -0.39 is 0 Å². The van der Waals surface area contributed by atoms with Crippen molar-refractivity contribution in [3.63, 3.8) is 0 Å². The van der Waals surface area contributed by atoms with Crippen LogP contribution in [0.4, 0.5) is 11.5 Å². The van der Waals surface area contributed by atoms with Crippen LogP contribution >= 0.6 is 0 Å². The van der Waals surface area contributed by atoms with E-state index >= 15 is 0 Å². The van der Waals surface area contributed by atoms with E-state index in [0.717, 1.165) is 48.7 Å². The second-order valence-electron chi connectivity index (χ2n) is 6.07. The van der Waals surface area contributed by atoms with Gasteiger partial charge in [0.25, 0.3) is 0 Å². The molecule has 0 saturated carbocycles. The molecule has 0 aromatic carbocycles. The number of anilines is 2. The van der Waals surface area contributed by atoms with Crippen molar-refractivity contribution in [2.75, 3.05) is 18.4 Å². The molecular formula is C19H22N4O. The third kappa shape index (κ3) is 3.62. The van der Waals surface area contributed by atoms with Crippen molar-refractivity contribution >= 4 is 17.4 Å². The van der Waals surface area contributed by atoms with E-state index in [1.807, 2.05) is 24.0 Å². The molecule has 0 unspecified atom stereocenters. The number of piperidine rings is 1. The maximum Gasteiger partial charge on any atom is 0.245 e. The smallest absolute Gasteiger partial charge is 0.245 e. The predicted molar refractivity (Wildman–Crippen MR) is 95.2 cm³/mol. The maximum absolute atomic E-state index is 11.7. The molecular weight excluding hydrogens is 300 g/mol. The number of nitrogens with zero attached hydrogens (tertiary/aromatic N) is 3. The molecule has 0 aliphatic carbocycles. The lowest BCUT2D eigenvalue weighted by atomic mass is 9.92. The second-order valence-corrected chi connectivity index (χ2v) is 6.07. The minimum absolute atomic E-state index is 0.0178. The fraction of sp³-hybridized carbons (Fsp3) is 0.316. The number of carbonyl (C=O) groups is 1. The van der Waals surface area contributed by atoms with Gasteiger partial charge in [0.15, 0.2) is 0 Å². The van der Waals surface area contributed by atoms with E-state index in [4.69, 9.17) is 4.98 Å². The number of hydrogen-bond donors (Lipinski definition) is 1. The molecule has 1 fully saturated rings. The SMILES string of the molecule is C=CC(=O)N1CCC(c2ccc(C)c(Nc3cccnc3)n2)CC1. The minimum Gasteiger partial charge on any atom is -0.339 e. The highest BCUT2D eigenvalue weighted by Crippen LogP contribution is 2.29. The van der Waals surface area contributed by atoms with Crippen molar-refractivity contribution in [3.05, 3.63) is 60.6 Å². The lowest BCUT2D eigenvalue weighted by Crippen LogP contribution is -2.36. The Morgan fingerprint density at radius 1 is 1.33 bits per heavy atom. The highest BCUT2D eigenvalue weighted by Gasteiger charge is 2.23. The maximum atomic E-state index is 11.7. The summed E-state index contributed by atoms with van der Waals surface area (Å²) in [7, 11) is 0. The van der Waals surface area contributed by atoms with Gasteiger partial charge in [-0.2, -0.15) is 0 Å². The van der Waals surface area contributed by atoms with Gasteiger partial charge in [0, 0.05) is 30.9 Å². The number of aromatic nitrogens is 2. The zero-order chi connectivity index (χ0) is 16.9. The van der Waals surface area contributed by atoms with Gasteiger partial charge < -0.3 is 10.2 Å². The Labute approximate surface area is 142 Å². The van der Waals surface area contributed by atoms with Crippen LogP contribution in [0.1, 0.15) is 30.0 Å². The first-order valence-electron chi connectivity index (χ1n) is 8.23. The van der Waals surface area contributed by atoms with Crippen LogP contribution < -0.4 is 5.32 Å². The Bertz CT molecular complexity index is 721. The Kier molecular flexibility index (Phi) is 4.89. The molecule has 1 amide bonds. The fourth-order valence-corrected chi connectivity index (χ4v) is 3.00. The number of hydrogen-bond acceptors (Lipinski definition) is 4. The minimum atomic E-state index is 0.0178. The first-order valence-corrected chi connectivity index (χ1v) is 8.23. The fourth-order valence-electron chi connectivity index (χ4n) is 3.00. The highest BCUT2D eigenvalue weighted by atomic mass is 16.2. The standard InChI is InChI=1S/C19H22N4O/c1-3-18(24)23-11-8-15(9-12-23)17-7-6-14(2)19(22-17)21-16-5-4-10-20-13-16/h3-7,10,13,15H,1,8-9,11-12H2,2H3,(H,21,22). The Morgan fingerprint density at radius 2 is 2.12 bits per heavy atom. The first kappa shape index (κ1) is 16.2. The second kappa shape index (κ2) is 7.25. The first-order chi connectivity index (χ1) is 11.7. The summed E-state index contributed by atoms with van der Waals surface area (Å²) in [6.07, 6.45) is 6.79. The Hall–Kier alpha value is -2.69. The number of rotatable bonds is 4. The van der Waals surface area contributed by atoms with E-state index in [1.165, 1.54) is 6.08 Å². The van der Waals surface area contributed by atoms with Gasteiger partial charge in [-0.05, 0) is 49.6 Å². The van der Waals surface area contributed by atoms with Gasteiger partial charge in [0.2, 0.25) is 5.91 Å². The molecule has 0 spiro atoms. The molecule has 1 aliphatic rings. The summed E-state index contributed by atoms with van der Waals surface area (Å²) in [5.74, 6) is 1.27. The topological polar surface area (TPSA) is 58.1 Å². The van der Waals surface area contributed by atoms with Crippen LogP contribution in [-0.4, -0.2) is 33.9 Å². The van der Waals surface area contributed by atoms with Gasteiger partial charge in [-0.15, -0.1) is 0 Å². The van der Waals surface area contributed by atoms with Gasteiger partial charge in [0.05, 0.1) is 11.9 Å². The van der Waals surface area contributed by atoms with Crippen LogP contribution in [0.5, 0.6) is 0 Å². The van der Waals surface area contributed by atoms with E-state index in [9.17, 15) is 4.79 Å². The van der Waals surface area contributed by atoms with Gasteiger partial charge >= 0.3 is 0 Å². The van der Waals surface area contributed by atoms with Crippen LogP contribution in [0.3, 0.4) is 0 Å².